The molecule has 1 aromatic heterocycles. The lowest BCUT2D eigenvalue weighted by Gasteiger charge is -2.41. The van der Waals surface area contributed by atoms with Crippen molar-refractivity contribution in [2.75, 3.05) is 44.7 Å². The Morgan fingerprint density at radius 2 is 2.00 bits per heavy atom. The third-order valence-electron chi connectivity index (χ3n) is 9.64. The van der Waals surface area contributed by atoms with E-state index in [1.165, 1.54) is 28.0 Å². The molecule has 10 heteroatoms. The maximum atomic E-state index is 12.6. The number of nitriles is 1. The Kier molecular flexibility index (Phi) is 7.25. The van der Waals surface area contributed by atoms with Crippen LogP contribution in [0, 0.1) is 11.3 Å². The van der Waals surface area contributed by atoms with Gasteiger partial charge >= 0.3 is 6.01 Å². The van der Waals surface area contributed by atoms with E-state index < -0.39 is 0 Å². The number of likely N-dealkylation sites (tertiary alicyclic amines) is 1. The van der Waals surface area contributed by atoms with E-state index in [4.69, 9.17) is 14.7 Å². The Morgan fingerprint density at radius 3 is 2.77 bits per heavy atom. The third-order valence-corrected chi connectivity index (χ3v) is 9.64. The largest absolute Gasteiger partial charge is 0.462 e. The zero-order valence-corrected chi connectivity index (χ0v) is 24.5. The highest BCUT2D eigenvalue weighted by atomic mass is 16.5. The van der Waals surface area contributed by atoms with Crippen molar-refractivity contribution in [3.8, 4) is 12.1 Å². The smallest absolute Gasteiger partial charge is 0.318 e. The lowest BCUT2D eigenvalue weighted by molar-refractivity contribution is -0.128. The SMILES string of the molecule is C=CC(=O)N1CCN(c2nc(OC[C@@H]3C[C@@H](O)CN3C)nc3c2CN(C2Cc4cccc5cccc2c45)C3)C[C@@H]1CC#N. The number of β-amino-alcohol motifs (C(OH)–C–C–N with tert-alkyl or cyclic N) is 1. The maximum absolute atomic E-state index is 12.6. The normalized spacial score (nSPS) is 25.2. The van der Waals surface area contributed by atoms with Crippen LogP contribution in [0.3, 0.4) is 0 Å². The molecule has 4 aliphatic rings. The highest BCUT2D eigenvalue weighted by Gasteiger charge is 2.38. The zero-order valence-electron chi connectivity index (χ0n) is 24.5. The topological polar surface area (TPSA) is 109 Å². The number of aromatic nitrogens is 2. The molecule has 4 heterocycles. The summed E-state index contributed by atoms with van der Waals surface area (Å²) in [5.74, 6) is 0.672. The van der Waals surface area contributed by atoms with Gasteiger partial charge < -0.3 is 19.6 Å². The first-order chi connectivity index (χ1) is 20.9. The summed E-state index contributed by atoms with van der Waals surface area (Å²) >= 11 is 0. The second kappa shape index (κ2) is 11.2. The molecular weight excluding hydrogens is 542 g/mol. The molecule has 43 heavy (non-hydrogen) atoms. The van der Waals surface area contributed by atoms with Crippen LogP contribution in [0.25, 0.3) is 10.8 Å². The summed E-state index contributed by atoms with van der Waals surface area (Å²) in [6.07, 6.45) is 2.82. The van der Waals surface area contributed by atoms with Crippen molar-refractivity contribution < 1.29 is 14.6 Å². The molecule has 0 saturated carbocycles. The standard InChI is InChI=1S/C33H37N7O3/c1-3-30(42)40-13-12-38(16-23(40)10-11-34)32-27-18-39(29-14-22-8-4-6-21-7-5-9-26(29)31(21)22)19-28(27)35-33(36-32)43-20-24-15-25(41)17-37(24)2/h3-9,23-25,29,41H,1,10,12-20H2,2H3/t23-,24-,25+,29?/m0/s1. The molecule has 1 unspecified atom stereocenters. The van der Waals surface area contributed by atoms with Gasteiger partial charge in [0, 0.05) is 56.9 Å². The second-order valence-corrected chi connectivity index (χ2v) is 12.2. The monoisotopic (exact) mass is 579 g/mol. The van der Waals surface area contributed by atoms with E-state index in [9.17, 15) is 15.2 Å². The number of carbonyl (C=O) groups excluding carboxylic acids is 1. The van der Waals surface area contributed by atoms with E-state index in [2.05, 4.69) is 63.7 Å². The van der Waals surface area contributed by atoms with E-state index in [1.54, 1.807) is 4.90 Å². The molecule has 7 rings (SSSR count). The number of rotatable bonds is 7. The number of amides is 1. The molecule has 10 nitrogen and oxygen atoms in total. The first kappa shape index (κ1) is 27.8. The number of nitrogens with zero attached hydrogens (tertiary/aromatic N) is 7. The summed E-state index contributed by atoms with van der Waals surface area (Å²) in [5.41, 5.74) is 4.79. The fourth-order valence-corrected chi connectivity index (χ4v) is 7.48. The van der Waals surface area contributed by atoms with Crippen molar-refractivity contribution in [3.63, 3.8) is 0 Å². The van der Waals surface area contributed by atoms with Gasteiger partial charge in [0.15, 0.2) is 0 Å². The summed E-state index contributed by atoms with van der Waals surface area (Å²) in [6, 6.07) is 15.8. The molecule has 3 aromatic rings. The fourth-order valence-electron chi connectivity index (χ4n) is 7.48. The summed E-state index contributed by atoms with van der Waals surface area (Å²) in [6.45, 7) is 7.67. The summed E-state index contributed by atoms with van der Waals surface area (Å²) in [5, 5.41) is 22.3. The number of piperazine rings is 1. The van der Waals surface area contributed by atoms with Crippen molar-refractivity contribution in [1.29, 1.82) is 5.26 Å². The average Bonchev–Trinajstić information content (AvgIpc) is 3.70. The minimum absolute atomic E-state index is 0.0951. The van der Waals surface area contributed by atoms with E-state index in [0.717, 1.165) is 23.5 Å². The molecule has 0 spiro atoms. The first-order valence-corrected chi connectivity index (χ1v) is 15.1. The number of anilines is 1. The number of benzene rings is 2. The van der Waals surface area contributed by atoms with E-state index in [0.29, 0.717) is 58.3 Å². The van der Waals surface area contributed by atoms with Crippen molar-refractivity contribution in [3.05, 3.63) is 71.4 Å². The van der Waals surface area contributed by atoms with Crippen LogP contribution in [-0.4, -0.2) is 93.7 Å². The number of hydrogen-bond acceptors (Lipinski definition) is 9. The molecule has 3 aliphatic heterocycles. The summed E-state index contributed by atoms with van der Waals surface area (Å²) in [4.78, 5) is 31.0. The van der Waals surface area contributed by atoms with Gasteiger partial charge in [0.1, 0.15) is 12.4 Å². The van der Waals surface area contributed by atoms with Gasteiger partial charge in [-0.25, -0.2) is 0 Å². The molecule has 1 aliphatic carbocycles. The van der Waals surface area contributed by atoms with Crippen molar-refractivity contribution in [2.45, 2.75) is 56.6 Å². The predicted octanol–water partition coefficient (Wildman–Crippen LogP) is 2.80. The van der Waals surface area contributed by atoms with Crippen LogP contribution in [0.2, 0.25) is 0 Å². The highest BCUT2D eigenvalue weighted by molar-refractivity contribution is 5.91. The Hall–Kier alpha value is -4.04. The number of aliphatic hydroxyl groups excluding tert-OH is 1. The number of hydrogen-bond donors (Lipinski definition) is 1. The van der Waals surface area contributed by atoms with Gasteiger partial charge in [-0.1, -0.05) is 43.0 Å². The zero-order chi connectivity index (χ0) is 29.7. The van der Waals surface area contributed by atoms with Gasteiger partial charge in [-0.3, -0.25) is 14.6 Å². The number of aliphatic hydroxyl groups is 1. The summed E-state index contributed by atoms with van der Waals surface area (Å²) < 4.78 is 6.22. The number of fused-ring (bicyclic) bond motifs is 1. The third kappa shape index (κ3) is 5.01. The van der Waals surface area contributed by atoms with Crippen LogP contribution in [0.15, 0.2) is 49.1 Å². The Labute approximate surface area is 251 Å². The fraction of sp³-hybridized carbons (Fsp3) is 0.455. The van der Waals surface area contributed by atoms with Crippen LogP contribution < -0.4 is 9.64 Å². The van der Waals surface area contributed by atoms with Crippen molar-refractivity contribution in [2.24, 2.45) is 0 Å². The Morgan fingerprint density at radius 1 is 1.16 bits per heavy atom. The molecule has 2 saturated heterocycles. The minimum Gasteiger partial charge on any atom is -0.462 e. The van der Waals surface area contributed by atoms with Crippen molar-refractivity contribution >= 4 is 22.5 Å². The van der Waals surface area contributed by atoms with Crippen molar-refractivity contribution in [1.82, 2.24) is 24.7 Å². The number of ether oxygens (including phenoxy) is 1. The molecule has 1 N–H and O–H groups in total. The molecule has 2 fully saturated rings. The molecule has 1 amide bonds. The molecule has 4 atom stereocenters. The molecule has 0 bridgehead atoms. The van der Waals surface area contributed by atoms with E-state index in [-0.39, 0.29) is 36.6 Å². The van der Waals surface area contributed by atoms with Gasteiger partial charge in [-0.05, 0) is 47.9 Å². The highest BCUT2D eigenvalue weighted by Crippen LogP contribution is 2.44. The van der Waals surface area contributed by atoms with Crippen LogP contribution in [-0.2, 0) is 24.3 Å². The van der Waals surface area contributed by atoms with Crippen LogP contribution >= 0.6 is 0 Å². The second-order valence-electron chi connectivity index (χ2n) is 12.2. The van der Waals surface area contributed by atoms with Crippen LogP contribution in [0.5, 0.6) is 6.01 Å². The number of carbonyl (C=O) groups is 1. The lowest BCUT2D eigenvalue weighted by atomic mass is 10.0. The van der Waals surface area contributed by atoms with E-state index >= 15 is 0 Å². The van der Waals surface area contributed by atoms with Crippen LogP contribution in [0.4, 0.5) is 5.82 Å². The Bertz CT molecular complexity index is 1610. The van der Waals surface area contributed by atoms with Gasteiger partial charge in [0.25, 0.3) is 0 Å². The number of likely N-dealkylation sites (N-methyl/N-ethyl adjacent to an activating group) is 1. The molecule has 2 aromatic carbocycles. The van der Waals surface area contributed by atoms with Gasteiger partial charge in [-0.2, -0.15) is 15.2 Å². The van der Waals surface area contributed by atoms with E-state index in [1.807, 2.05) is 7.05 Å². The Balaban J connectivity index is 1.19. The van der Waals surface area contributed by atoms with Gasteiger partial charge in [0.05, 0.1) is 30.3 Å². The quantitative estimate of drug-likeness (QED) is 0.423. The summed E-state index contributed by atoms with van der Waals surface area (Å²) in [7, 11) is 2.00. The first-order valence-electron chi connectivity index (χ1n) is 15.1. The lowest BCUT2D eigenvalue weighted by Crippen LogP contribution is -2.55. The van der Waals surface area contributed by atoms with Crippen LogP contribution in [0.1, 0.15) is 41.3 Å². The average molecular weight is 580 g/mol. The molecular formula is C33H37N7O3. The van der Waals surface area contributed by atoms with Gasteiger partial charge in [0.2, 0.25) is 5.91 Å². The molecule has 222 valence electrons. The maximum Gasteiger partial charge on any atom is 0.318 e. The predicted molar refractivity (Wildman–Crippen MR) is 162 cm³/mol. The minimum atomic E-state index is -0.352. The van der Waals surface area contributed by atoms with Gasteiger partial charge in [-0.15, -0.1) is 0 Å². The molecule has 0 radical (unpaired) electrons.